The number of amides is 2. The molecule has 2 N–H and O–H groups in total. The third-order valence-corrected chi connectivity index (χ3v) is 5.08. The van der Waals surface area contributed by atoms with Gasteiger partial charge in [0.1, 0.15) is 5.69 Å². The second kappa shape index (κ2) is 7.70. The standard InChI is InChI=1S/C18H15BrCl2N4O/c1-10-15(20)7-13(8-16(10)21)23-18(26)22-12-5-3-4-11(6-12)17-14(19)9-25(2)24-17/h3-9H,1-2H3,(H2,22,23,26). The van der Waals surface area contributed by atoms with E-state index in [4.69, 9.17) is 23.2 Å². The monoisotopic (exact) mass is 452 g/mol. The van der Waals surface area contributed by atoms with Gasteiger partial charge < -0.3 is 10.6 Å². The summed E-state index contributed by atoms with van der Waals surface area (Å²) in [5.74, 6) is 0. The Balaban J connectivity index is 1.76. The van der Waals surface area contributed by atoms with Crippen LogP contribution in [-0.2, 0) is 7.05 Å². The van der Waals surface area contributed by atoms with Crippen LogP contribution < -0.4 is 10.6 Å². The minimum Gasteiger partial charge on any atom is -0.308 e. The van der Waals surface area contributed by atoms with E-state index in [1.165, 1.54) is 0 Å². The van der Waals surface area contributed by atoms with Crippen molar-refractivity contribution in [2.24, 2.45) is 7.05 Å². The first kappa shape index (κ1) is 18.8. The highest BCUT2D eigenvalue weighted by Gasteiger charge is 2.10. The van der Waals surface area contributed by atoms with Gasteiger partial charge >= 0.3 is 6.03 Å². The third-order valence-electron chi connectivity index (χ3n) is 3.72. The Kier molecular flexibility index (Phi) is 5.55. The van der Waals surface area contributed by atoms with Crippen molar-refractivity contribution in [3.05, 3.63) is 62.7 Å². The number of benzene rings is 2. The number of aromatic nitrogens is 2. The molecule has 0 radical (unpaired) electrons. The molecule has 1 heterocycles. The second-order valence-electron chi connectivity index (χ2n) is 5.72. The SMILES string of the molecule is Cc1c(Cl)cc(NC(=O)Nc2cccc(-c3nn(C)cc3Br)c2)cc1Cl. The summed E-state index contributed by atoms with van der Waals surface area (Å²) >= 11 is 15.7. The van der Waals surface area contributed by atoms with E-state index < -0.39 is 6.03 Å². The van der Waals surface area contributed by atoms with Gasteiger partial charge in [-0.05, 0) is 52.7 Å². The van der Waals surface area contributed by atoms with Gasteiger partial charge in [-0.2, -0.15) is 5.10 Å². The Morgan fingerprint density at radius 2 is 1.77 bits per heavy atom. The van der Waals surface area contributed by atoms with Gasteiger partial charge in [0.25, 0.3) is 0 Å². The van der Waals surface area contributed by atoms with E-state index in [1.807, 2.05) is 38.4 Å². The lowest BCUT2D eigenvalue weighted by atomic mass is 10.1. The predicted molar refractivity (Wildman–Crippen MR) is 110 cm³/mol. The van der Waals surface area contributed by atoms with Crippen LogP contribution in [0.5, 0.6) is 0 Å². The largest absolute Gasteiger partial charge is 0.323 e. The fourth-order valence-electron chi connectivity index (χ4n) is 2.41. The van der Waals surface area contributed by atoms with Crippen LogP contribution in [0.25, 0.3) is 11.3 Å². The smallest absolute Gasteiger partial charge is 0.308 e. The zero-order valence-corrected chi connectivity index (χ0v) is 17.1. The highest BCUT2D eigenvalue weighted by atomic mass is 79.9. The van der Waals surface area contributed by atoms with Crippen LogP contribution in [0.4, 0.5) is 16.2 Å². The van der Waals surface area contributed by atoms with Gasteiger partial charge in [0, 0.05) is 40.2 Å². The maximum atomic E-state index is 12.3. The molecule has 0 fully saturated rings. The van der Waals surface area contributed by atoms with E-state index in [1.54, 1.807) is 22.9 Å². The van der Waals surface area contributed by atoms with Gasteiger partial charge in [-0.1, -0.05) is 35.3 Å². The molecule has 0 saturated carbocycles. The number of halogens is 3. The van der Waals surface area contributed by atoms with Crippen molar-refractivity contribution >= 4 is 56.5 Å². The van der Waals surface area contributed by atoms with Crippen LogP contribution in [0.1, 0.15) is 5.56 Å². The van der Waals surface area contributed by atoms with Gasteiger partial charge in [0.2, 0.25) is 0 Å². The summed E-state index contributed by atoms with van der Waals surface area (Å²) in [4.78, 5) is 12.3. The fraction of sp³-hybridized carbons (Fsp3) is 0.111. The number of anilines is 2. The maximum Gasteiger partial charge on any atom is 0.323 e. The van der Waals surface area contributed by atoms with Crippen molar-refractivity contribution in [3.63, 3.8) is 0 Å². The van der Waals surface area contributed by atoms with E-state index >= 15 is 0 Å². The molecule has 3 rings (SSSR count). The summed E-state index contributed by atoms with van der Waals surface area (Å²) in [6, 6.07) is 10.4. The van der Waals surface area contributed by atoms with Crippen molar-refractivity contribution in [1.82, 2.24) is 9.78 Å². The summed E-state index contributed by atoms with van der Waals surface area (Å²) in [6.07, 6.45) is 1.87. The Hall–Kier alpha value is -2.02. The van der Waals surface area contributed by atoms with Gasteiger partial charge in [-0.15, -0.1) is 0 Å². The lowest BCUT2D eigenvalue weighted by Crippen LogP contribution is -2.19. The summed E-state index contributed by atoms with van der Waals surface area (Å²) in [5, 5.41) is 10.9. The first-order valence-corrected chi connectivity index (χ1v) is 9.21. The van der Waals surface area contributed by atoms with Crippen LogP contribution >= 0.6 is 39.1 Å². The lowest BCUT2D eigenvalue weighted by Gasteiger charge is -2.10. The first-order chi connectivity index (χ1) is 12.3. The normalized spacial score (nSPS) is 10.7. The van der Waals surface area contributed by atoms with E-state index in [0.29, 0.717) is 21.4 Å². The molecule has 0 unspecified atom stereocenters. The molecule has 0 bridgehead atoms. The molecular weight excluding hydrogens is 439 g/mol. The van der Waals surface area contributed by atoms with E-state index in [-0.39, 0.29) is 0 Å². The van der Waals surface area contributed by atoms with Crippen LogP contribution in [0.3, 0.4) is 0 Å². The van der Waals surface area contributed by atoms with Crippen LogP contribution in [0.15, 0.2) is 47.1 Å². The zero-order valence-electron chi connectivity index (χ0n) is 14.0. The Morgan fingerprint density at radius 1 is 1.12 bits per heavy atom. The minimum atomic E-state index is -0.391. The molecule has 0 aliphatic rings. The average molecular weight is 454 g/mol. The maximum absolute atomic E-state index is 12.3. The van der Waals surface area contributed by atoms with E-state index in [0.717, 1.165) is 21.3 Å². The zero-order chi connectivity index (χ0) is 18.8. The van der Waals surface area contributed by atoms with Crippen molar-refractivity contribution < 1.29 is 4.79 Å². The molecule has 5 nitrogen and oxygen atoms in total. The Labute approximate surface area is 169 Å². The number of nitrogens with one attached hydrogen (secondary N) is 2. The highest BCUT2D eigenvalue weighted by Crippen LogP contribution is 2.29. The topological polar surface area (TPSA) is 59.0 Å². The number of aryl methyl sites for hydroxylation is 1. The minimum absolute atomic E-state index is 0.391. The summed E-state index contributed by atoms with van der Waals surface area (Å²) in [6.45, 7) is 1.82. The molecule has 2 amide bonds. The predicted octanol–water partition coefficient (Wildman–Crippen LogP) is 6.11. The van der Waals surface area contributed by atoms with Gasteiger partial charge in [0.05, 0.1) is 4.47 Å². The number of carbonyl (C=O) groups excluding carboxylic acids is 1. The average Bonchev–Trinajstić information content (AvgIpc) is 2.91. The number of rotatable bonds is 3. The molecular formula is C18H15BrCl2N4O. The molecule has 26 heavy (non-hydrogen) atoms. The molecule has 0 aliphatic carbocycles. The molecule has 2 aromatic carbocycles. The Morgan fingerprint density at radius 3 is 2.38 bits per heavy atom. The summed E-state index contributed by atoms with van der Waals surface area (Å²) in [5.41, 5.74) is 3.62. The van der Waals surface area contributed by atoms with E-state index in [2.05, 4.69) is 31.7 Å². The van der Waals surface area contributed by atoms with Gasteiger partial charge in [0.15, 0.2) is 0 Å². The van der Waals surface area contributed by atoms with Crippen molar-refractivity contribution in [3.8, 4) is 11.3 Å². The highest BCUT2D eigenvalue weighted by molar-refractivity contribution is 9.10. The molecule has 0 atom stereocenters. The number of carbonyl (C=O) groups is 1. The quantitative estimate of drug-likeness (QED) is 0.502. The molecule has 0 spiro atoms. The van der Waals surface area contributed by atoms with Crippen LogP contribution in [0, 0.1) is 6.92 Å². The van der Waals surface area contributed by atoms with Crippen molar-refractivity contribution in [2.45, 2.75) is 6.92 Å². The number of hydrogen-bond acceptors (Lipinski definition) is 2. The number of urea groups is 1. The molecule has 8 heteroatoms. The number of hydrogen-bond donors (Lipinski definition) is 2. The Bertz CT molecular complexity index is 964. The molecule has 0 aliphatic heterocycles. The molecule has 1 aromatic heterocycles. The fourth-order valence-corrected chi connectivity index (χ4v) is 3.50. The van der Waals surface area contributed by atoms with Gasteiger partial charge in [-0.25, -0.2) is 4.79 Å². The van der Waals surface area contributed by atoms with Gasteiger partial charge in [-0.3, -0.25) is 4.68 Å². The molecule has 134 valence electrons. The molecule has 0 saturated heterocycles. The van der Waals surface area contributed by atoms with E-state index in [9.17, 15) is 4.79 Å². The molecule has 3 aromatic rings. The summed E-state index contributed by atoms with van der Waals surface area (Å²) in [7, 11) is 1.85. The first-order valence-electron chi connectivity index (χ1n) is 7.66. The van der Waals surface area contributed by atoms with Crippen molar-refractivity contribution in [2.75, 3.05) is 10.6 Å². The summed E-state index contributed by atoms with van der Waals surface area (Å²) < 4.78 is 2.60. The van der Waals surface area contributed by atoms with Crippen LogP contribution in [-0.4, -0.2) is 15.8 Å². The lowest BCUT2D eigenvalue weighted by molar-refractivity contribution is 0.262. The van der Waals surface area contributed by atoms with Crippen molar-refractivity contribution in [1.29, 1.82) is 0 Å². The number of nitrogens with zero attached hydrogens (tertiary/aromatic N) is 2. The second-order valence-corrected chi connectivity index (χ2v) is 7.39. The van der Waals surface area contributed by atoms with Crippen LogP contribution in [0.2, 0.25) is 10.0 Å². The third kappa shape index (κ3) is 4.20.